The van der Waals surface area contributed by atoms with Gasteiger partial charge in [-0.25, -0.2) is 0 Å². The summed E-state index contributed by atoms with van der Waals surface area (Å²) in [5.74, 6) is -1.60. The van der Waals surface area contributed by atoms with E-state index in [0.29, 0.717) is 0 Å². The summed E-state index contributed by atoms with van der Waals surface area (Å²) < 4.78 is 63.5. The van der Waals surface area contributed by atoms with E-state index >= 15 is 0 Å². The van der Waals surface area contributed by atoms with Gasteiger partial charge in [-0.3, -0.25) is 4.79 Å². The van der Waals surface area contributed by atoms with E-state index in [0.717, 1.165) is 18.2 Å². The highest BCUT2D eigenvalue weighted by molar-refractivity contribution is 6.14. The van der Waals surface area contributed by atoms with Crippen molar-refractivity contribution in [2.75, 3.05) is 0 Å². The van der Waals surface area contributed by atoms with Crippen molar-refractivity contribution in [1.29, 1.82) is 0 Å². The quantitative estimate of drug-likeness (QED) is 0.631. The van der Waals surface area contributed by atoms with E-state index in [-0.39, 0.29) is 34.1 Å². The zero-order chi connectivity index (χ0) is 18.8. The lowest BCUT2D eigenvalue weighted by Gasteiger charge is -2.11. The van der Waals surface area contributed by atoms with E-state index in [1.807, 2.05) is 0 Å². The maximum atomic E-state index is 12.6. The molecule has 0 amide bonds. The molecule has 0 atom stereocenters. The zero-order valence-electron chi connectivity index (χ0n) is 12.8. The first kappa shape index (κ1) is 17.6. The second kappa shape index (κ2) is 6.95. The number of hydrogen-bond acceptors (Lipinski definition) is 5. The molecule has 0 unspecified atom stereocenters. The minimum absolute atomic E-state index is 0.00713. The van der Waals surface area contributed by atoms with Gasteiger partial charge in [-0.05, 0) is 30.3 Å². The van der Waals surface area contributed by atoms with E-state index in [4.69, 9.17) is 4.74 Å². The number of fused-ring (bicyclic) bond motifs is 1. The predicted octanol–water partition coefficient (Wildman–Crippen LogP) is 4.21. The molecule has 0 spiro atoms. The van der Waals surface area contributed by atoms with Crippen molar-refractivity contribution in [1.82, 2.24) is 0 Å². The second-order valence-corrected chi connectivity index (χ2v) is 5.08. The fraction of sp³-hybridized carbons (Fsp3) is 0.118. The number of phenolic OH excluding ortho intramolecular Hbond substituents is 1. The van der Waals surface area contributed by atoms with Crippen LogP contribution >= 0.6 is 0 Å². The Labute approximate surface area is 144 Å². The maximum absolute atomic E-state index is 12.6. The van der Waals surface area contributed by atoms with Crippen molar-refractivity contribution in [2.45, 2.75) is 13.2 Å². The van der Waals surface area contributed by atoms with E-state index in [9.17, 15) is 27.5 Å². The molecule has 26 heavy (non-hydrogen) atoms. The van der Waals surface area contributed by atoms with Gasteiger partial charge in [0.1, 0.15) is 23.0 Å². The number of Topliss-reactive ketones (excluding diaryl/α,β-unsaturated/α-hetero) is 1. The number of carbonyl (C=O) groups is 1. The van der Waals surface area contributed by atoms with Crippen LogP contribution in [0.2, 0.25) is 0 Å². The molecule has 0 saturated carbocycles. The van der Waals surface area contributed by atoms with Crippen LogP contribution in [0.4, 0.5) is 17.6 Å². The topological polar surface area (TPSA) is 65.0 Å². The molecule has 1 N–H and O–H groups in total. The van der Waals surface area contributed by atoms with Gasteiger partial charge in [-0.1, -0.05) is 0 Å². The van der Waals surface area contributed by atoms with E-state index in [1.54, 1.807) is 0 Å². The molecule has 0 aliphatic carbocycles. The summed E-state index contributed by atoms with van der Waals surface area (Å²) in [5, 5.41) is 9.42. The number of hydrogen-bond donors (Lipinski definition) is 1. The Kier molecular flexibility index (Phi) is 4.70. The summed E-state index contributed by atoms with van der Waals surface area (Å²) in [6.07, 6.45) is 1.13. The number of alkyl halides is 4. The monoisotopic (exact) mass is 370 g/mol. The molecule has 2 aromatic carbocycles. The van der Waals surface area contributed by atoms with Gasteiger partial charge in [0.25, 0.3) is 0 Å². The molecular formula is C17H10F4O5. The molecule has 0 fully saturated rings. The molecule has 3 rings (SSSR count). The molecule has 136 valence electrons. The molecule has 2 aromatic rings. The largest absolute Gasteiger partial charge is 0.508 e. The van der Waals surface area contributed by atoms with Gasteiger partial charge in [-0.15, -0.1) is 0 Å². The normalized spacial score (nSPS) is 14.7. The number of benzene rings is 2. The van der Waals surface area contributed by atoms with Crippen molar-refractivity contribution in [3.63, 3.8) is 0 Å². The second-order valence-electron chi connectivity index (χ2n) is 5.08. The van der Waals surface area contributed by atoms with Gasteiger partial charge in [0.05, 0.1) is 5.56 Å². The Balaban J connectivity index is 1.96. The summed E-state index contributed by atoms with van der Waals surface area (Å²) in [6, 6.07) is 7.00. The first-order valence-corrected chi connectivity index (χ1v) is 7.14. The number of ether oxygens (including phenoxy) is 3. The molecular weight excluding hydrogens is 360 g/mol. The van der Waals surface area contributed by atoms with E-state index in [1.165, 1.54) is 24.3 Å². The third kappa shape index (κ3) is 3.71. The lowest BCUT2D eigenvalue weighted by atomic mass is 10.1. The number of halogens is 4. The Morgan fingerprint density at radius 1 is 1.00 bits per heavy atom. The van der Waals surface area contributed by atoms with Crippen molar-refractivity contribution in [3.8, 4) is 23.0 Å². The van der Waals surface area contributed by atoms with Crippen LogP contribution in [0.3, 0.4) is 0 Å². The molecule has 0 bridgehead atoms. The first-order chi connectivity index (χ1) is 12.3. The van der Waals surface area contributed by atoms with Gasteiger partial charge < -0.3 is 19.3 Å². The van der Waals surface area contributed by atoms with Crippen LogP contribution in [0.25, 0.3) is 6.08 Å². The highest BCUT2D eigenvalue weighted by Gasteiger charge is 2.28. The predicted molar refractivity (Wildman–Crippen MR) is 80.7 cm³/mol. The summed E-state index contributed by atoms with van der Waals surface area (Å²) >= 11 is 0. The average molecular weight is 370 g/mol. The standard InChI is InChI=1S/C17H10F4O5/c18-16(19)24-10-3-1-8(12(7-10)26-17(20)21)5-14-15(23)11-4-2-9(22)6-13(11)25-14/h1-7,16-17,22H/b14-5-. The summed E-state index contributed by atoms with van der Waals surface area (Å²) in [4.78, 5) is 12.3. The van der Waals surface area contributed by atoms with Crippen LogP contribution in [0, 0.1) is 0 Å². The lowest BCUT2D eigenvalue weighted by Crippen LogP contribution is -2.06. The molecule has 0 saturated heterocycles. The Morgan fingerprint density at radius 3 is 2.42 bits per heavy atom. The summed E-state index contributed by atoms with van der Waals surface area (Å²) in [5.41, 5.74) is 0.176. The van der Waals surface area contributed by atoms with Crippen LogP contribution in [0.1, 0.15) is 15.9 Å². The third-order valence-electron chi connectivity index (χ3n) is 3.37. The Morgan fingerprint density at radius 2 is 1.73 bits per heavy atom. The highest BCUT2D eigenvalue weighted by atomic mass is 19.3. The van der Waals surface area contributed by atoms with Crippen molar-refractivity contribution < 1.29 is 41.7 Å². The number of aromatic hydroxyl groups is 1. The molecule has 1 heterocycles. The maximum Gasteiger partial charge on any atom is 0.387 e. The van der Waals surface area contributed by atoms with Gasteiger partial charge in [0, 0.05) is 17.7 Å². The number of allylic oxidation sites excluding steroid dienone is 1. The highest BCUT2D eigenvalue weighted by Crippen LogP contribution is 2.36. The third-order valence-corrected chi connectivity index (χ3v) is 3.37. The first-order valence-electron chi connectivity index (χ1n) is 7.14. The van der Waals surface area contributed by atoms with Crippen LogP contribution in [0.5, 0.6) is 23.0 Å². The van der Waals surface area contributed by atoms with Gasteiger partial charge in [0.2, 0.25) is 5.78 Å². The van der Waals surface area contributed by atoms with Crippen LogP contribution < -0.4 is 14.2 Å². The Bertz CT molecular complexity index is 879. The lowest BCUT2D eigenvalue weighted by molar-refractivity contribution is -0.0543. The molecule has 0 aromatic heterocycles. The molecule has 5 nitrogen and oxygen atoms in total. The van der Waals surface area contributed by atoms with Crippen LogP contribution in [0.15, 0.2) is 42.2 Å². The number of ketones is 1. The Hall–Kier alpha value is -3.23. The van der Waals surface area contributed by atoms with Crippen molar-refractivity contribution >= 4 is 11.9 Å². The van der Waals surface area contributed by atoms with Crippen molar-refractivity contribution in [3.05, 3.63) is 53.3 Å². The molecule has 1 aliphatic rings. The van der Waals surface area contributed by atoms with Crippen LogP contribution in [-0.2, 0) is 0 Å². The smallest absolute Gasteiger partial charge is 0.387 e. The molecule has 9 heteroatoms. The fourth-order valence-electron chi connectivity index (χ4n) is 2.32. The number of rotatable bonds is 5. The summed E-state index contributed by atoms with van der Waals surface area (Å²) in [7, 11) is 0. The van der Waals surface area contributed by atoms with Gasteiger partial charge >= 0.3 is 13.2 Å². The van der Waals surface area contributed by atoms with Crippen molar-refractivity contribution in [2.24, 2.45) is 0 Å². The molecule has 1 aliphatic heterocycles. The minimum Gasteiger partial charge on any atom is -0.508 e. The SMILES string of the molecule is O=C1/C(=C/c2ccc(OC(F)F)cc2OC(F)F)Oc2cc(O)ccc21. The van der Waals surface area contributed by atoms with Gasteiger partial charge in [0.15, 0.2) is 5.76 Å². The van der Waals surface area contributed by atoms with Crippen LogP contribution in [-0.4, -0.2) is 24.1 Å². The fourth-order valence-corrected chi connectivity index (χ4v) is 2.32. The average Bonchev–Trinajstić information content (AvgIpc) is 2.84. The zero-order valence-corrected chi connectivity index (χ0v) is 12.8. The number of phenols is 1. The van der Waals surface area contributed by atoms with E-state index in [2.05, 4.69) is 9.47 Å². The van der Waals surface area contributed by atoms with E-state index < -0.39 is 24.8 Å². The molecule has 0 radical (unpaired) electrons. The van der Waals surface area contributed by atoms with Gasteiger partial charge in [-0.2, -0.15) is 17.6 Å². The summed E-state index contributed by atoms with van der Waals surface area (Å²) in [6.45, 7) is -6.36. The number of carbonyl (C=O) groups excluding carboxylic acids is 1. The minimum atomic E-state index is -3.22.